The molecule has 1 aromatic heterocycles. The third-order valence-corrected chi connectivity index (χ3v) is 7.04. The van der Waals surface area contributed by atoms with Crippen molar-refractivity contribution < 1.29 is 9.59 Å². The summed E-state index contributed by atoms with van der Waals surface area (Å²) in [6.45, 7) is 1.83. The average molecular weight is 461 g/mol. The Hall–Kier alpha value is -3.03. The zero-order valence-corrected chi connectivity index (χ0v) is 19.3. The molecule has 6 nitrogen and oxygen atoms in total. The van der Waals surface area contributed by atoms with E-state index in [1.807, 2.05) is 35.7 Å². The van der Waals surface area contributed by atoms with Crippen LogP contribution in [0.1, 0.15) is 41.6 Å². The molecule has 0 spiro atoms. The van der Waals surface area contributed by atoms with Crippen LogP contribution in [0.25, 0.3) is 11.3 Å². The maximum Gasteiger partial charge on any atom is 0.251 e. The molecule has 1 aliphatic heterocycles. The van der Waals surface area contributed by atoms with Gasteiger partial charge < -0.3 is 10.6 Å². The molecule has 33 heavy (non-hydrogen) atoms. The first-order chi connectivity index (χ1) is 16.2. The highest BCUT2D eigenvalue weighted by Crippen LogP contribution is 2.27. The molecule has 1 atom stereocenters. The first kappa shape index (κ1) is 21.8. The summed E-state index contributed by atoms with van der Waals surface area (Å²) in [5.41, 5.74) is 3.69. The molecule has 0 unspecified atom stereocenters. The maximum atomic E-state index is 13.0. The minimum Gasteiger partial charge on any atom is -0.349 e. The molecule has 170 valence electrons. The summed E-state index contributed by atoms with van der Waals surface area (Å²) in [5, 5.41) is 8.58. The molecule has 1 saturated heterocycles. The van der Waals surface area contributed by atoms with Gasteiger partial charge in [-0.2, -0.15) is 0 Å². The lowest BCUT2D eigenvalue weighted by atomic mass is 10.1. The lowest BCUT2D eigenvalue weighted by Gasteiger charge is -2.23. The minimum absolute atomic E-state index is 0.0218. The molecule has 2 aromatic carbocycles. The largest absolute Gasteiger partial charge is 0.349 e. The fourth-order valence-corrected chi connectivity index (χ4v) is 4.97. The number of nitrogens with zero attached hydrogens (tertiary/aromatic N) is 2. The lowest BCUT2D eigenvalue weighted by Crippen LogP contribution is -2.40. The zero-order chi connectivity index (χ0) is 22.6. The van der Waals surface area contributed by atoms with Crippen molar-refractivity contribution in [2.24, 2.45) is 0 Å². The van der Waals surface area contributed by atoms with Crippen LogP contribution in [0.5, 0.6) is 0 Å². The van der Waals surface area contributed by atoms with Crippen LogP contribution in [-0.4, -0.2) is 46.9 Å². The van der Waals surface area contributed by atoms with E-state index in [2.05, 4.69) is 44.8 Å². The van der Waals surface area contributed by atoms with E-state index >= 15 is 0 Å². The smallest absolute Gasteiger partial charge is 0.251 e. The summed E-state index contributed by atoms with van der Waals surface area (Å²) in [6.07, 6.45) is 5.01. The number of hydrogen-bond donors (Lipinski definition) is 2. The number of likely N-dealkylation sites (tertiary alicyclic amines) is 1. The molecule has 7 heteroatoms. The van der Waals surface area contributed by atoms with Crippen molar-refractivity contribution in [1.29, 1.82) is 0 Å². The third-order valence-electron chi connectivity index (χ3n) is 6.29. The van der Waals surface area contributed by atoms with Crippen LogP contribution in [0.2, 0.25) is 0 Å². The molecular formula is C26H28N4O2S. The Kier molecular flexibility index (Phi) is 6.51. The summed E-state index contributed by atoms with van der Waals surface area (Å²) in [4.78, 5) is 32.0. The zero-order valence-electron chi connectivity index (χ0n) is 18.5. The number of carbonyl (C=O) groups excluding carboxylic acids is 2. The number of anilines is 1. The Bertz CT molecular complexity index is 1110. The van der Waals surface area contributed by atoms with Gasteiger partial charge in [-0.3, -0.25) is 14.5 Å². The summed E-state index contributed by atoms with van der Waals surface area (Å²) in [7, 11) is 0. The topological polar surface area (TPSA) is 74.3 Å². The summed E-state index contributed by atoms with van der Waals surface area (Å²) >= 11 is 1.43. The number of aromatic nitrogens is 1. The number of nitrogens with one attached hydrogen (secondary N) is 2. The van der Waals surface area contributed by atoms with Gasteiger partial charge in [0.05, 0.1) is 11.7 Å². The maximum absolute atomic E-state index is 13.0. The third kappa shape index (κ3) is 5.49. The number of hydrogen-bond acceptors (Lipinski definition) is 5. The number of carbonyl (C=O) groups is 2. The van der Waals surface area contributed by atoms with Gasteiger partial charge in [0, 0.05) is 29.1 Å². The van der Waals surface area contributed by atoms with Crippen molar-refractivity contribution >= 4 is 28.3 Å². The van der Waals surface area contributed by atoms with E-state index in [-0.39, 0.29) is 17.9 Å². The molecule has 2 N–H and O–H groups in total. The van der Waals surface area contributed by atoms with Crippen molar-refractivity contribution in [3.63, 3.8) is 0 Å². The predicted molar refractivity (Wildman–Crippen MR) is 131 cm³/mol. The Morgan fingerprint density at radius 1 is 1.03 bits per heavy atom. The first-order valence-electron chi connectivity index (χ1n) is 11.6. The molecule has 0 bridgehead atoms. The SMILES string of the molecule is O=C(NC1CC1)c1ccc(-c2csc(NC(=O)[C@@H]3CCCN3CCc3ccccc3)n2)cc1. The van der Waals surface area contributed by atoms with Gasteiger partial charge in [0.25, 0.3) is 5.91 Å². The standard InChI is InChI=1S/C26H28N4O2S/c31-24(27-21-12-13-21)20-10-8-19(9-11-20)22-17-33-26(28-22)29-25(32)23-7-4-15-30(23)16-14-18-5-2-1-3-6-18/h1-3,5-6,8-11,17,21,23H,4,7,12-16H2,(H,27,31)(H,28,29,32)/t23-/m0/s1. The molecule has 5 rings (SSSR count). The Labute approximate surface area is 198 Å². The molecule has 2 fully saturated rings. The summed E-state index contributed by atoms with van der Waals surface area (Å²) in [6, 6.07) is 18.1. The second-order valence-electron chi connectivity index (χ2n) is 8.78. The Balaban J connectivity index is 1.17. The van der Waals surface area contributed by atoms with E-state index < -0.39 is 0 Å². The second kappa shape index (κ2) is 9.85. The molecule has 3 aromatic rings. The molecule has 1 aliphatic carbocycles. The molecular weight excluding hydrogens is 432 g/mol. The monoisotopic (exact) mass is 460 g/mol. The minimum atomic E-state index is -0.106. The predicted octanol–water partition coefficient (Wildman–Crippen LogP) is 4.35. The number of benzene rings is 2. The van der Waals surface area contributed by atoms with Crippen LogP contribution >= 0.6 is 11.3 Å². The first-order valence-corrected chi connectivity index (χ1v) is 12.5. The normalized spacial score (nSPS) is 18.2. The van der Waals surface area contributed by atoms with E-state index in [9.17, 15) is 9.59 Å². The molecule has 2 aliphatic rings. The van der Waals surface area contributed by atoms with Gasteiger partial charge in [-0.05, 0) is 56.3 Å². The van der Waals surface area contributed by atoms with Gasteiger partial charge in [0.1, 0.15) is 0 Å². The van der Waals surface area contributed by atoms with Crippen molar-refractivity contribution in [3.8, 4) is 11.3 Å². The molecule has 0 radical (unpaired) electrons. The summed E-state index contributed by atoms with van der Waals surface area (Å²) in [5.74, 6) is -0.00258. The van der Waals surface area contributed by atoms with Gasteiger partial charge in [-0.1, -0.05) is 42.5 Å². The molecule has 1 saturated carbocycles. The quantitative estimate of drug-likeness (QED) is 0.524. The Morgan fingerprint density at radius 3 is 2.58 bits per heavy atom. The van der Waals surface area contributed by atoms with Gasteiger partial charge in [0.2, 0.25) is 5.91 Å². The molecule has 2 heterocycles. The highest BCUT2D eigenvalue weighted by molar-refractivity contribution is 7.14. The fraction of sp³-hybridized carbons (Fsp3) is 0.346. The van der Waals surface area contributed by atoms with Gasteiger partial charge >= 0.3 is 0 Å². The van der Waals surface area contributed by atoms with Crippen LogP contribution in [0.3, 0.4) is 0 Å². The van der Waals surface area contributed by atoms with Crippen LogP contribution in [0.15, 0.2) is 60.0 Å². The van der Waals surface area contributed by atoms with Crippen LogP contribution in [-0.2, 0) is 11.2 Å². The fourth-order valence-electron chi connectivity index (χ4n) is 4.25. The highest BCUT2D eigenvalue weighted by Gasteiger charge is 2.30. The van der Waals surface area contributed by atoms with Crippen LogP contribution < -0.4 is 10.6 Å². The lowest BCUT2D eigenvalue weighted by molar-refractivity contribution is -0.120. The van der Waals surface area contributed by atoms with Gasteiger partial charge in [-0.15, -0.1) is 11.3 Å². The summed E-state index contributed by atoms with van der Waals surface area (Å²) < 4.78 is 0. The van der Waals surface area contributed by atoms with E-state index in [4.69, 9.17) is 0 Å². The second-order valence-corrected chi connectivity index (χ2v) is 9.64. The number of amides is 2. The van der Waals surface area contributed by atoms with Crippen LogP contribution in [0, 0.1) is 0 Å². The van der Waals surface area contributed by atoms with Crippen molar-refractivity contribution in [2.75, 3.05) is 18.4 Å². The number of rotatable bonds is 8. The number of thiazole rings is 1. The van der Waals surface area contributed by atoms with Crippen molar-refractivity contribution in [2.45, 2.75) is 44.2 Å². The molecule has 2 amide bonds. The van der Waals surface area contributed by atoms with Gasteiger partial charge in [-0.25, -0.2) is 4.98 Å². The van der Waals surface area contributed by atoms with Crippen LogP contribution in [0.4, 0.5) is 5.13 Å². The van der Waals surface area contributed by atoms with Gasteiger partial charge in [0.15, 0.2) is 5.13 Å². The van der Waals surface area contributed by atoms with E-state index in [1.165, 1.54) is 16.9 Å². The Morgan fingerprint density at radius 2 is 1.82 bits per heavy atom. The average Bonchev–Trinajstić information content (AvgIpc) is 3.32. The highest BCUT2D eigenvalue weighted by atomic mass is 32.1. The van der Waals surface area contributed by atoms with E-state index in [0.29, 0.717) is 16.7 Å². The van der Waals surface area contributed by atoms with E-state index in [0.717, 1.165) is 56.5 Å². The van der Waals surface area contributed by atoms with Crippen molar-refractivity contribution in [1.82, 2.24) is 15.2 Å². The van der Waals surface area contributed by atoms with Crippen molar-refractivity contribution in [3.05, 3.63) is 71.1 Å². The van der Waals surface area contributed by atoms with E-state index in [1.54, 1.807) is 0 Å².